The molecule has 1 N–H and O–H groups in total. The quantitative estimate of drug-likeness (QED) is 0.817. The summed E-state index contributed by atoms with van der Waals surface area (Å²) < 4.78 is 34.5. The van der Waals surface area contributed by atoms with E-state index < -0.39 is 24.0 Å². The number of benzene rings is 1. The largest absolute Gasteiger partial charge is 0.442 e. The number of nitrogens with one attached hydrogen (secondary N) is 1. The Balaban J connectivity index is 1.87. The fraction of sp³-hybridized carbons (Fsp3) is 0.438. The molecule has 0 saturated carbocycles. The van der Waals surface area contributed by atoms with Gasteiger partial charge in [-0.25, -0.2) is 4.79 Å². The molecular formula is C16H18F2N4O4. The zero-order valence-corrected chi connectivity index (χ0v) is 14.5. The molecule has 1 unspecified atom stereocenters. The first-order chi connectivity index (χ1) is 12.3. The number of cyclic esters (lactones) is 1. The van der Waals surface area contributed by atoms with Crippen LogP contribution in [0, 0.1) is 0 Å². The summed E-state index contributed by atoms with van der Waals surface area (Å²) in [6.07, 6.45) is -1.20. The van der Waals surface area contributed by atoms with Crippen molar-refractivity contribution in [3.05, 3.63) is 23.8 Å². The number of carbonyl (C=O) groups is 2. The highest BCUT2D eigenvalue weighted by Gasteiger charge is 2.50. The Hall–Kier alpha value is -2.91. The number of likely N-dealkylation sites (N-methyl/N-ethyl adjacent to an activating group) is 1. The van der Waals surface area contributed by atoms with Gasteiger partial charge in [0.2, 0.25) is 11.7 Å². The van der Waals surface area contributed by atoms with E-state index in [2.05, 4.69) is 15.3 Å². The van der Waals surface area contributed by atoms with Gasteiger partial charge in [0.25, 0.3) is 0 Å². The molecule has 8 nitrogen and oxygen atoms in total. The Morgan fingerprint density at radius 3 is 2.88 bits per heavy atom. The van der Waals surface area contributed by atoms with Crippen molar-refractivity contribution in [3.8, 4) is 0 Å². The molecule has 0 radical (unpaired) electrons. The lowest BCUT2D eigenvalue weighted by Crippen LogP contribution is -2.33. The Morgan fingerprint density at radius 2 is 2.23 bits per heavy atom. The van der Waals surface area contributed by atoms with Crippen LogP contribution >= 0.6 is 0 Å². The molecule has 26 heavy (non-hydrogen) atoms. The molecule has 0 aliphatic carbocycles. The first kappa shape index (κ1) is 17.9. The SMILES string of the molecule is CON=C1N(C)c2ccc(N3CC(CNC(C)=O)OC3=O)cc2C1(F)F. The lowest BCUT2D eigenvalue weighted by atomic mass is 10.1. The molecule has 1 aromatic carbocycles. The summed E-state index contributed by atoms with van der Waals surface area (Å²) >= 11 is 0. The van der Waals surface area contributed by atoms with Crippen LogP contribution in [0.25, 0.3) is 0 Å². The van der Waals surface area contributed by atoms with Crippen LogP contribution in [0.15, 0.2) is 23.4 Å². The van der Waals surface area contributed by atoms with Gasteiger partial charge in [-0.3, -0.25) is 9.69 Å². The monoisotopic (exact) mass is 368 g/mol. The number of anilines is 2. The van der Waals surface area contributed by atoms with Crippen LogP contribution in [0.1, 0.15) is 12.5 Å². The maximum atomic E-state index is 14.7. The van der Waals surface area contributed by atoms with Gasteiger partial charge in [-0.2, -0.15) is 8.78 Å². The second-order valence-corrected chi connectivity index (χ2v) is 5.99. The van der Waals surface area contributed by atoms with Gasteiger partial charge in [0.05, 0.1) is 24.3 Å². The number of amides is 2. The molecule has 10 heteroatoms. The van der Waals surface area contributed by atoms with Crippen LogP contribution in [-0.4, -0.2) is 51.2 Å². The third-order valence-corrected chi connectivity index (χ3v) is 4.22. The van der Waals surface area contributed by atoms with E-state index in [0.29, 0.717) is 0 Å². The molecule has 3 rings (SSSR count). The van der Waals surface area contributed by atoms with Crippen LogP contribution in [0.4, 0.5) is 25.0 Å². The van der Waals surface area contributed by atoms with Gasteiger partial charge < -0.3 is 19.8 Å². The van der Waals surface area contributed by atoms with Crippen molar-refractivity contribution in [2.24, 2.45) is 5.16 Å². The second kappa shape index (κ2) is 6.43. The molecule has 0 spiro atoms. The van der Waals surface area contributed by atoms with Gasteiger partial charge in [-0.15, -0.1) is 0 Å². The maximum absolute atomic E-state index is 14.7. The van der Waals surface area contributed by atoms with Gasteiger partial charge in [0.15, 0.2) is 0 Å². The van der Waals surface area contributed by atoms with E-state index in [9.17, 15) is 18.4 Å². The summed E-state index contributed by atoms with van der Waals surface area (Å²) in [6, 6.07) is 4.29. The topological polar surface area (TPSA) is 83.5 Å². The molecule has 0 aromatic heterocycles. The van der Waals surface area contributed by atoms with Crippen molar-refractivity contribution in [1.82, 2.24) is 5.32 Å². The van der Waals surface area contributed by atoms with Crippen molar-refractivity contribution in [2.75, 3.05) is 37.0 Å². The molecule has 1 saturated heterocycles. The van der Waals surface area contributed by atoms with E-state index in [0.717, 1.165) is 0 Å². The number of oxime groups is 1. The molecule has 2 amide bonds. The van der Waals surface area contributed by atoms with Crippen molar-refractivity contribution >= 4 is 29.2 Å². The number of alkyl halides is 2. The van der Waals surface area contributed by atoms with Crippen molar-refractivity contribution < 1.29 is 27.9 Å². The van der Waals surface area contributed by atoms with E-state index in [1.54, 1.807) is 6.07 Å². The van der Waals surface area contributed by atoms with Gasteiger partial charge in [0.1, 0.15) is 13.2 Å². The molecule has 2 aliphatic rings. The molecule has 1 atom stereocenters. The summed E-state index contributed by atoms with van der Waals surface area (Å²) in [5, 5.41) is 5.98. The molecule has 1 aromatic rings. The Bertz CT molecular complexity index is 784. The minimum absolute atomic E-state index is 0.151. The third-order valence-electron chi connectivity index (χ3n) is 4.22. The van der Waals surface area contributed by atoms with Crippen molar-refractivity contribution in [3.63, 3.8) is 0 Å². The van der Waals surface area contributed by atoms with E-state index in [1.165, 1.54) is 43.0 Å². The fourth-order valence-corrected chi connectivity index (χ4v) is 2.98. The second-order valence-electron chi connectivity index (χ2n) is 5.99. The normalized spacial score (nSPS) is 22.4. The molecular weight excluding hydrogens is 350 g/mol. The predicted molar refractivity (Wildman–Crippen MR) is 89.5 cm³/mol. The summed E-state index contributed by atoms with van der Waals surface area (Å²) in [5.74, 6) is -4.13. The van der Waals surface area contributed by atoms with Crippen LogP contribution in [0.5, 0.6) is 0 Å². The predicted octanol–water partition coefficient (Wildman–Crippen LogP) is 1.65. The number of nitrogens with zero attached hydrogens (tertiary/aromatic N) is 3. The molecule has 140 valence electrons. The molecule has 0 bridgehead atoms. The van der Waals surface area contributed by atoms with Crippen LogP contribution in [0.2, 0.25) is 0 Å². The zero-order valence-electron chi connectivity index (χ0n) is 14.5. The van der Waals surface area contributed by atoms with Crippen LogP contribution in [-0.2, 0) is 20.3 Å². The average molecular weight is 368 g/mol. The zero-order chi connectivity index (χ0) is 19.1. The highest BCUT2D eigenvalue weighted by atomic mass is 19.3. The average Bonchev–Trinajstić information content (AvgIpc) is 3.04. The first-order valence-corrected chi connectivity index (χ1v) is 7.86. The Morgan fingerprint density at radius 1 is 1.50 bits per heavy atom. The molecule has 1 fully saturated rings. The summed E-state index contributed by atoms with van der Waals surface area (Å²) in [7, 11) is 2.66. The van der Waals surface area contributed by atoms with E-state index in [1.807, 2.05) is 0 Å². The number of hydrogen-bond donors (Lipinski definition) is 1. The highest BCUT2D eigenvalue weighted by Crippen LogP contribution is 2.46. The summed E-state index contributed by atoms with van der Waals surface area (Å²) in [5.41, 5.74) is 0.286. The minimum atomic E-state index is -3.35. The summed E-state index contributed by atoms with van der Waals surface area (Å²) in [4.78, 5) is 30.1. The number of carbonyl (C=O) groups excluding carboxylic acids is 2. The standard InChI is InChI=1S/C16H18F2N4O4/c1-9(23)19-7-11-8-22(15(24)26-11)10-4-5-13-12(6-10)16(17,18)14(20-25-3)21(13)2/h4-6,11H,7-8H2,1-3H3,(H,19,23). The maximum Gasteiger partial charge on any atom is 0.414 e. The summed E-state index contributed by atoms with van der Waals surface area (Å²) in [6.45, 7) is 1.66. The minimum Gasteiger partial charge on any atom is -0.442 e. The number of amidine groups is 1. The van der Waals surface area contributed by atoms with Gasteiger partial charge >= 0.3 is 12.0 Å². The first-order valence-electron chi connectivity index (χ1n) is 7.86. The fourth-order valence-electron chi connectivity index (χ4n) is 2.98. The van der Waals surface area contributed by atoms with Gasteiger partial charge in [-0.1, -0.05) is 5.16 Å². The Labute approximate surface area is 148 Å². The third kappa shape index (κ3) is 2.91. The lowest BCUT2D eigenvalue weighted by molar-refractivity contribution is -0.119. The number of rotatable bonds is 4. The van der Waals surface area contributed by atoms with Gasteiger partial charge in [0, 0.05) is 19.7 Å². The number of fused-ring (bicyclic) bond motifs is 1. The smallest absolute Gasteiger partial charge is 0.414 e. The highest BCUT2D eigenvalue weighted by molar-refractivity contribution is 6.09. The van der Waals surface area contributed by atoms with E-state index in [-0.39, 0.29) is 35.9 Å². The lowest BCUT2D eigenvalue weighted by Gasteiger charge is -2.16. The van der Waals surface area contributed by atoms with E-state index in [4.69, 9.17) is 4.74 Å². The van der Waals surface area contributed by atoms with Crippen molar-refractivity contribution in [2.45, 2.75) is 19.0 Å². The van der Waals surface area contributed by atoms with Gasteiger partial charge in [-0.05, 0) is 18.2 Å². The number of halogens is 2. The number of hydrogen-bond acceptors (Lipinski definition) is 5. The Kier molecular flexibility index (Phi) is 4.43. The van der Waals surface area contributed by atoms with Crippen LogP contribution < -0.4 is 15.1 Å². The van der Waals surface area contributed by atoms with Crippen molar-refractivity contribution in [1.29, 1.82) is 0 Å². The molecule has 2 aliphatic heterocycles. The van der Waals surface area contributed by atoms with Crippen LogP contribution in [0.3, 0.4) is 0 Å². The number of ether oxygens (including phenoxy) is 1. The molecule has 2 heterocycles. The van der Waals surface area contributed by atoms with E-state index >= 15 is 0 Å².